The van der Waals surface area contributed by atoms with Crippen molar-refractivity contribution in [3.8, 4) is 0 Å². The zero-order valence-electron chi connectivity index (χ0n) is 8.98. The number of anilines is 1. The van der Waals surface area contributed by atoms with E-state index in [9.17, 15) is 9.59 Å². The summed E-state index contributed by atoms with van der Waals surface area (Å²) >= 11 is 3.24. The number of halogens is 1. The number of carboxylic acid groups (broad SMARTS) is 1. The molecule has 0 atom stereocenters. The lowest BCUT2D eigenvalue weighted by Gasteiger charge is -2.07. The summed E-state index contributed by atoms with van der Waals surface area (Å²) in [4.78, 5) is 22.6. The number of carbonyl (C=O) groups is 2. The number of carbonyl (C=O) groups excluding carboxylic acids is 1. The van der Waals surface area contributed by atoms with Crippen LogP contribution in [0, 0.1) is 0 Å². The highest BCUT2D eigenvalue weighted by molar-refractivity contribution is 9.10. The summed E-state index contributed by atoms with van der Waals surface area (Å²) in [5.41, 5.74) is 0.851. The number of hydrogen-bond donors (Lipinski definition) is 3. The molecular weight excluding hydrogens is 302 g/mol. The van der Waals surface area contributed by atoms with Crippen LogP contribution >= 0.6 is 15.9 Å². The molecule has 92 valence electrons. The van der Waals surface area contributed by atoms with Crippen molar-refractivity contribution >= 4 is 33.5 Å². The maximum Gasteiger partial charge on any atom is 0.335 e. The number of carboxylic acids is 1. The van der Waals surface area contributed by atoms with Gasteiger partial charge >= 0.3 is 5.97 Å². The highest BCUT2D eigenvalue weighted by Crippen LogP contribution is 2.24. The fraction of sp³-hybridized carbons (Fsp3) is 0. The van der Waals surface area contributed by atoms with Crippen molar-refractivity contribution in [2.45, 2.75) is 0 Å². The molecule has 18 heavy (non-hydrogen) atoms. The van der Waals surface area contributed by atoms with Gasteiger partial charge in [-0.1, -0.05) is 0 Å². The SMILES string of the molecule is O=C(O)c1ccc(Br)c(NC(=O)c2cn[nH]c2)c1. The monoisotopic (exact) mass is 309 g/mol. The molecule has 2 aromatic rings. The summed E-state index contributed by atoms with van der Waals surface area (Å²) in [5.74, 6) is -1.42. The smallest absolute Gasteiger partial charge is 0.335 e. The van der Waals surface area contributed by atoms with Crippen molar-refractivity contribution in [1.82, 2.24) is 10.2 Å². The second-order valence-electron chi connectivity index (χ2n) is 3.44. The average molecular weight is 310 g/mol. The number of H-pyrrole nitrogens is 1. The first kappa shape index (κ1) is 12.3. The second kappa shape index (κ2) is 5.01. The largest absolute Gasteiger partial charge is 0.478 e. The van der Waals surface area contributed by atoms with Crippen molar-refractivity contribution in [2.75, 3.05) is 5.32 Å². The molecule has 0 radical (unpaired) electrons. The van der Waals surface area contributed by atoms with Crippen molar-refractivity contribution in [3.05, 3.63) is 46.2 Å². The van der Waals surface area contributed by atoms with Crippen LogP contribution in [0.25, 0.3) is 0 Å². The molecule has 0 unspecified atom stereocenters. The van der Waals surface area contributed by atoms with E-state index in [4.69, 9.17) is 5.11 Å². The van der Waals surface area contributed by atoms with E-state index in [-0.39, 0.29) is 11.5 Å². The molecule has 0 aliphatic heterocycles. The average Bonchev–Trinajstić information content (AvgIpc) is 2.85. The molecule has 7 heteroatoms. The van der Waals surface area contributed by atoms with Crippen LogP contribution in [-0.4, -0.2) is 27.2 Å². The van der Waals surface area contributed by atoms with Crippen LogP contribution < -0.4 is 5.32 Å². The molecule has 3 N–H and O–H groups in total. The highest BCUT2D eigenvalue weighted by Gasteiger charge is 2.11. The van der Waals surface area contributed by atoms with Crippen molar-refractivity contribution < 1.29 is 14.7 Å². The Kier molecular flexibility index (Phi) is 3.42. The van der Waals surface area contributed by atoms with Gasteiger partial charge in [-0.3, -0.25) is 9.89 Å². The Morgan fingerprint density at radius 3 is 2.72 bits per heavy atom. The number of aromatic carboxylic acids is 1. The molecule has 2 rings (SSSR count). The third-order valence-electron chi connectivity index (χ3n) is 2.22. The number of aromatic nitrogens is 2. The lowest BCUT2D eigenvalue weighted by molar-refractivity contribution is 0.0696. The van der Waals surface area contributed by atoms with E-state index in [0.717, 1.165) is 0 Å². The summed E-state index contributed by atoms with van der Waals surface area (Å²) in [6.45, 7) is 0. The molecule has 0 aliphatic rings. The normalized spacial score (nSPS) is 10.1. The molecule has 0 fully saturated rings. The third kappa shape index (κ3) is 2.57. The van der Waals surface area contributed by atoms with Gasteiger partial charge in [0.15, 0.2) is 0 Å². The van der Waals surface area contributed by atoms with E-state index in [0.29, 0.717) is 15.7 Å². The fourth-order valence-corrected chi connectivity index (χ4v) is 1.67. The van der Waals surface area contributed by atoms with Crippen molar-refractivity contribution in [1.29, 1.82) is 0 Å². The Labute approximate surface area is 110 Å². The Morgan fingerprint density at radius 1 is 1.33 bits per heavy atom. The minimum absolute atomic E-state index is 0.0979. The van der Waals surface area contributed by atoms with Crippen LogP contribution in [0.1, 0.15) is 20.7 Å². The fourth-order valence-electron chi connectivity index (χ4n) is 1.32. The van der Waals surface area contributed by atoms with E-state index in [1.807, 2.05) is 0 Å². The molecule has 0 saturated heterocycles. The van der Waals surface area contributed by atoms with Crippen LogP contribution in [0.3, 0.4) is 0 Å². The van der Waals surface area contributed by atoms with E-state index < -0.39 is 5.97 Å². The van der Waals surface area contributed by atoms with Gasteiger partial charge in [-0.05, 0) is 34.1 Å². The topological polar surface area (TPSA) is 95.1 Å². The van der Waals surface area contributed by atoms with Gasteiger partial charge in [-0.2, -0.15) is 5.10 Å². The minimum atomic E-state index is -1.05. The molecule has 1 amide bonds. The number of nitrogens with one attached hydrogen (secondary N) is 2. The Bertz CT molecular complexity index is 596. The predicted octanol–water partition coefficient (Wildman–Crippen LogP) is 2.12. The molecule has 1 aromatic heterocycles. The first-order chi connectivity index (χ1) is 8.58. The van der Waals surface area contributed by atoms with Crippen LogP contribution in [0.2, 0.25) is 0 Å². The van der Waals surface area contributed by atoms with E-state index in [2.05, 4.69) is 31.4 Å². The number of benzene rings is 1. The van der Waals surface area contributed by atoms with Gasteiger partial charge in [0.05, 0.1) is 23.0 Å². The molecular formula is C11H8BrN3O3. The van der Waals surface area contributed by atoms with E-state index in [1.54, 1.807) is 6.07 Å². The van der Waals surface area contributed by atoms with Gasteiger partial charge in [0, 0.05) is 10.7 Å². The lowest BCUT2D eigenvalue weighted by Crippen LogP contribution is -2.12. The molecule has 0 spiro atoms. The van der Waals surface area contributed by atoms with Gasteiger partial charge < -0.3 is 10.4 Å². The van der Waals surface area contributed by atoms with Crippen LogP contribution in [0.15, 0.2) is 35.1 Å². The predicted molar refractivity (Wildman–Crippen MR) is 67.6 cm³/mol. The van der Waals surface area contributed by atoms with Gasteiger partial charge in [0.2, 0.25) is 0 Å². The number of rotatable bonds is 3. The number of aromatic amines is 1. The quantitative estimate of drug-likeness (QED) is 0.809. The summed E-state index contributed by atoms with van der Waals surface area (Å²) in [7, 11) is 0. The summed E-state index contributed by atoms with van der Waals surface area (Å²) in [5, 5.41) is 17.7. The van der Waals surface area contributed by atoms with Crippen LogP contribution in [0.5, 0.6) is 0 Å². The molecule has 0 saturated carbocycles. The maximum absolute atomic E-state index is 11.8. The van der Waals surface area contributed by atoms with Gasteiger partial charge in [-0.15, -0.1) is 0 Å². The molecule has 6 nitrogen and oxygen atoms in total. The Morgan fingerprint density at radius 2 is 2.11 bits per heavy atom. The zero-order valence-corrected chi connectivity index (χ0v) is 10.6. The molecule has 0 bridgehead atoms. The zero-order chi connectivity index (χ0) is 13.1. The third-order valence-corrected chi connectivity index (χ3v) is 2.91. The lowest BCUT2D eigenvalue weighted by atomic mass is 10.2. The van der Waals surface area contributed by atoms with Crippen LogP contribution in [0.4, 0.5) is 5.69 Å². The summed E-state index contributed by atoms with van der Waals surface area (Å²) in [6.07, 6.45) is 2.83. The minimum Gasteiger partial charge on any atom is -0.478 e. The van der Waals surface area contributed by atoms with Crippen molar-refractivity contribution in [3.63, 3.8) is 0 Å². The maximum atomic E-state index is 11.8. The van der Waals surface area contributed by atoms with Gasteiger partial charge in [-0.25, -0.2) is 4.79 Å². The Balaban J connectivity index is 2.26. The molecule has 1 heterocycles. The standard InChI is InChI=1S/C11H8BrN3O3/c12-8-2-1-6(11(17)18)3-9(8)15-10(16)7-4-13-14-5-7/h1-5H,(H,13,14)(H,15,16)(H,17,18). The molecule has 1 aromatic carbocycles. The first-order valence-corrected chi connectivity index (χ1v) is 5.70. The van der Waals surface area contributed by atoms with E-state index in [1.165, 1.54) is 24.5 Å². The van der Waals surface area contributed by atoms with E-state index >= 15 is 0 Å². The Hall–Kier alpha value is -2.15. The number of amides is 1. The summed E-state index contributed by atoms with van der Waals surface area (Å²) < 4.78 is 0.601. The summed E-state index contributed by atoms with van der Waals surface area (Å²) in [6, 6.07) is 4.39. The first-order valence-electron chi connectivity index (χ1n) is 4.91. The van der Waals surface area contributed by atoms with Gasteiger partial charge in [0.25, 0.3) is 5.91 Å². The number of nitrogens with zero attached hydrogens (tertiary/aromatic N) is 1. The number of hydrogen-bond acceptors (Lipinski definition) is 3. The van der Waals surface area contributed by atoms with Gasteiger partial charge in [0.1, 0.15) is 0 Å². The van der Waals surface area contributed by atoms with Crippen molar-refractivity contribution in [2.24, 2.45) is 0 Å². The van der Waals surface area contributed by atoms with Crippen LogP contribution in [-0.2, 0) is 0 Å². The highest BCUT2D eigenvalue weighted by atomic mass is 79.9. The second-order valence-corrected chi connectivity index (χ2v) is 4.30. The molecule has 0 aliphatic carbocycles.